The predicted molar refractivity (Wildman–Crippen MR) is 90.0 cm³/mol. The maximum atomic E-state index is 11.9. The van der Waals surface area contributed by atoms with Gasteiger partial charge in [0.05, 0.1) is 6.61 Å². The Morgan fingerprint density at radius 1 is 1.00 bits per heavy atom. The van der Waals surface area contributed by atoms with E-state index in [1.165, 1.54) is 0 Å². The van der Waals surface area contributed by atoms with Crippen molar-refractivity contribution < 1.29 is 9.53 Å². The Labute approximate surface area is 140 Å². The SMILES string of the molecule is O=C(NCCCCOc1ccccc1)c1cc(Cl)cc(Cl)c1. The number of para-hydroxylation sites is 1. The van der Waals surface area contributed by atoms with E-state index in [0.29, 0.717) is 28.8 Å². The summed E-state index contributed by atoms with van der Waals surface area (Å²) in [6.07, 6.45) is 1.71. The van der Waals surface area contributed by atoms with Crippen LogP contribution in [0.5, 0.6) is 5.75 Å². The average molecular weight is 338 g/mol. The Morgan fingerprint density at radius 3 is 2.36 bits per heavy atom. The summed E-state index contributed by atoms with van der Waals surface area (Å²) in [4.78, 5) is 11.9. The Hall–Kier alpha value is -1.71. The largest absolute Gasteiger partial charge is 0.494 e. The third kappa shape index (κ3) is 5.58. The number of hydrogen-bond donors (Lipinski definition) is 1. The highest BCUT2D eigenvalue weighted by Gasteiger charge is 2.07. The van der Waals surface area contributed by atoms with E-state index < -0.39 is 0 Å². The normalized spacial score (nSPS) is 10.3. The zero-order valence-corrected chi connectivity index (χ0v) is 13.5. The van der Waals surface area contributed by atoms with Crippen LogP contribution in [0.15, 0.2) is 48.5 Å². The van der Waals surface area contributed by atoms with Crippen molar-refractivity contribution in [3.8, 4) is 5.75 Å². The second-order valence-electron chi connectivity index (χ2n) is 4.78. The van der Waals surface area contributed by atoms with Crippen molar-refractivity contribution in [3.63, 3.8) is 0 Å². The molecule has 0 heterocycles. The van der Waals surface area contributed by atoms with E-state index in [0.717, 1.165) is 18.6 Å². The monoisotopic (exact) mass is 337 g/mol. The number of carbonyl (C=O) groups is 1. The number of amides is 1. The number of rotatable bonds is 7. The van der Waals surface area contributed by atoms with Crippen LogP contribution in [0.3, 0.4) is 0 Å². The lowest BCUT2D eigenvalue weighted by atomic mass is 10.2. The molecule has 3 nitrogen and oxygen atoms in total. The molecule has 116 valence electrons. The second kappa shape index (κ2) is 8.66. The van der Waals surface area contributed by atoms with Crippen LogP contribution in [0.4, 0.5) is 0 Å². The molecule has 0 aromatic heterocycles. The summed E-state index contributed by atoms with van der Waals surface area (Å²) in [7, 11) is 0. The molecular weight excluding hydrogens is 321 g/mol. The maximum absolute atomic E-state index is 11.9. The summed E-state index contributed by atoms with van der Waals surface area (Å²) in [5.74, 6) is 0.688. The highest BCUT2D eigenvalue weighted by atomic mass is 35.5. The zero-order chi connectivity index (χ0) is 15.8. The first-order valence-electron chi connectivity index (χ1n) is 7.07. The van der Waals surface area contributed by atoms with Gasteiger partial charge in [0.1, 0.15) is 5.75 Å². The van der Waals surface area contributed by atoms with E-state index in [1.807, 2.05) is 30.3 Å². The number of nitrogens with one attached hydrogen (secondary N) is 1. The number of ether oxygens (including phenoxy) is 1. The van der Waals surface area contributed by atoms with Gasteiger partial charge in [-0.2, -0.15) is 0 Å². The summed E-state index contributed by atoms with van der Waals surface area (Å²) < 4.78 is 5.58. The highest BCUT2D eigenvalue weighted by Crippen LogP contribution is 2.18. The van der Waals surface area contributed by atoms with Crippen molar-refractivity contribution in [1.29, 1.82) is 0 Å². The summed E-state index contributed by atoms with van der Waals surface area (Å²) in [6.45, 7) is 1.21. The van der Waals surface area contributed by atoms with Crippen molar-refractivity contribution >= 4 is 29.1 Å². The molecule has 0 aliphatic rings. The first kappa shape index (κ1) is 16.7. The van der Waals surface area contributed by atoms with E-state index in [1.54, 1.807) is 18.2 Å². The van der Waals surface area contributed by atoms with Gasteiger partial charge in [0.15, 0.2) is 0 Å². The standard InChI is InChI=1S/C17H17Cl2NO2/c18-14-10-13(11-15(19)12-14)17(21)20-8-4-5-9-22-16-6-2-1-3-7-16/h1-3,6-7,10-12H,4-5,8-9H2,(H,20,21). The van der Waals surface area contributed by atoms with Gasteiger partial charge in [-0.15, -0.1) is 0 Å². The van der Waals surface area contributed by atoms with E-state index in [2.05, 4.69) is 5.32 Å². The molecule has 0 radical (unpaired) electrons. The topological polar surface area (TPSA) is 38.3 Å². The van der Waals surface area contributed by atoms with Gasteiger partial charge < -0.3 is 10.1 Å². The third-order valence-electron chi connectivity index (χ3n) is 2.99. The van der Waals surface area contributed by atoms with Crippen LogP contribution in [-0.4, -0.2) is 19.1 Å². The molecule has 2 aromatic carbocycles. The first-order chi connectivity index (χ1) is 10.6. The van der Waals surface area contributed by atoms with Crippen LogP contribution in [0.2, 0.25) is 10.0 Å². The first-order valence-corrected chi connectivity index (χ1v) is 7.83. The molecule has 0 aliphatic heterocycles. The maximum Gasteiger partial charge on any atom is 0.251 e. The van der Waals surface area contributed by atoms with Gasteiger partial charge >= 0.3 is 0 Å². The zero-order valence-electron chi connectivity index (χ0n) is 12.0. The molecule has 0 atom stereocenters. The van der Waals surface area contributed by atoms with Crippen LogP contribution in [0.1, 0.15) is 23.2 Å². The number of unbranched alkanes of at least 4 members (excludes halogenated alkanes) is 1. The number of benzene rings is 2. The minimum absolute atomic E-state index is 0.173. The number of halogens is 2. The smallest absolute Gasteiger partial charge is 0.251 e. The lowest BCUT2D eigenvalue weighted by molar-refractivity contribution is 0.0952. The number of carbonyl (C=O) groups excluding carboxylic acids is 1. The fourth-order valence-electron chi connectivity index (χ4n) is 1.92. The molecule has 0 aliphatic carbocycles. The summed E-state index contributed by atoms with van der Waals surface area (Å²) in [6, 6.07) is 14.5. The molecule has 1 amide bonds. The summed E-state index contributed by atoms with van der Waals surface area (Å²) in [5.41, 5.74) is 0.470. The molecule has 0 saturated carbocycles. The molecule has 1 N–H and O–H groups in total. The molecule has 0 fully saturated rings. The quantitative estimate of drug-likeness (QED) is 0.751. The van der Waals surface area contributed by atoms with Gasteiger partial charge in [-0.1, -0.05) is 41.4 Å². The molecule has 0 unspecified atom stereocenters. The Kier molecular flexibility index (Phi) is 6.56. The van der Waals surface area contributed by atoms with Crippen LogP contribution in [-0.2, 0) is 0 Å². The number of hydrogen-bond acceptors (Lipinski definition) is 2. The van der Waals surface area contributed by atoms with Crippen LogP contribution in [0, 0.1) is 0 Å². The summed E-state index contributed by atoms with van der Waals surface area (Å²) in [5, 5.41) is 3.75. The lowest BCUT2D eigenvalue weighted by Crippen LogP contribution is -2.24. The minimum Gasteiger partial charge on any atom is -0.494 e. The average Bonchev–Trinajstić information content (AvgIpc) is 2.50. The van der Waals surface area contributed by atoms with Gasteiger partial charge in [-0.25, -0.2) is 0 Å². The molecule has 0 saturated heterocycles. The van der Waals surface area contributed by atoms with E-state index in [4.69, 9.17) is 27.9 Å². The molecule has 5 heteroatoms. The van der Waals surface area contributed by atoms with Crippen LogP contribution in [0.25, 0.3) is 0 Å². The molecule has 2 aromatic rings. The van der Waals surface area contributed by atoms with Gasteiger partial charge in [-0.05, 0) is 43.2 Å². The van der Waals surface area contributed by atoms with E-state index in [9.17, 15) is 4.79 Å². The van der Waals surface area contributed by atoms with Crippen molar-refractivity contribution in [2.45, 2.75) is 12.8 Å². The van der Waals surface area contributed by atoms with Gasteiger partial charge in [0.25, 0.3) is 5.91 Å². The Bertz CT molecular complexity index is 597. The third-order valence-corrected chi connectivity index (χ3v) is 3.43. The Morgan fingerprint density at radius 2 is 1.68 bits per heavy atom. The fraction of sp³-hybridized carbons (Fsp3) is 0.235. The molecular formula is C17H17Cl2NO2. The van der Waals surface area contributed by atoms with Crippen molar-refractivity contribution in [2.24, 2.45) is 0 Å². The van der Waals surface area contributed by atoms with Crippen molar-refractivity contribution in [2.75, 3.05) is 13.2 Å². The summed E-state index contributed by atoms with van der Waals surface area (Å²) >= 11 is 11.7. The Balaban J connectivity index is 1.65. The van der Waals surface area contributed by atoms with Gasteiger partial charge in [0.2, 0.25) is 0 Å². The minimum atomic E-state index is -0.173. The van der Waals surface area contributed by atoms with Gasteiger partial charge in [-0.3, -0.25) is 4.79 Å². The molecule has 22 heavy (non-hydrogen) atoms. The molecule has 0 bridgehead atoms. The van der Waals surface area contributed by atoms with Crippen LogP contribution < -0.4 is 10.1 Å². The second-order valence-corrected chi connectivity index (χ2v) is 5.66. The fourth-order valence-corrected chi connectivity index (χ4v) is 2.45. The van der Waals surface area contributed by atoms with Gasteiger partial charge in [0, 0.05) is 22.2 Å². The van der Waals surface area contributed by atoms with Crippen LogP contribution >= 0.6 is 23.2 Å². The van der Waals surface area contributed by atoms with Crippen molar-refractivity contribution in [3.05, 3.63) is 64.1 Å². The lowest BCUT2D eigenvalue weighted by Gasteiger charge is -2.07. The van der Waals surface area contributed by atoms with E-state index in [-0.39, 0.29) is 5.91 Å². The molecule has 0 spiro atoms. The predicted octanol–water partition coefficient (Wildman–Crippen LogP) is 4.58. The highest BCUT2D eigenvalue weighted by molar-refractivity contribution is 6.35. The van der Waals surface area contributed by atoms with Crippen molar-refractivity contribution in [1.82, 2.24) is 5.32 Å². The molecule has 2 rings (SSSR count). The van der Waals surface area contributed by atoms with E-state index >= 15 is 0 Å².